The quantitative estimate of drug-likeness (QED) is 0.868. The molecule has 2 aromatic rings. The number of nitrogens with one attached hydrogen (secondary N) is 1. The van der Waals surface area contributed by atoms with Crippen LogP contribution >= 0.6 is 0 Å². The molecule has 7 nitrogen and oxygen atoms in total. The minimum absolute atomic E-state index is 0.0543. The third-order valence-corrected chi connectivity index (χ3v) is 4.62. The number of pyridine rings is 1. The lowest BCUT2D eigenvalue weighted by atomic mass is 9.96. The van der Waals surface area contributed by atoms with Gasteiger partial charge in [0.05, 0.1) is 6.61 Å². The highest BCUT2D eigenvalue weighted by molar-refractivity contribution is 5.94. The van der Waals surface area contributed by atoms with Gasteiger partial charge >= 0.3 is 0 Å². The van der Waals surface area contributed by atoms with E-state index in [4.69, 9.17) is 4.74 Å². The van der Waals surface area contributed by atoms with Crippen molar-refractivity contribution in [1.29, 1.82) is 0 Å². The minimum Gasteiger partial charge on any atom is -0.383 e. The van der Waals surface area contributed by atoms with E-state index >= 15 is 0 Å². The van der Waals surface area contributed by atoms with E-state index in [2.05, 4.69) is 19.9 Å². The molecule has 1 atom stereocenters. The average Bonchev–Trinajstić information content (AvgIpc) is 3.14. The Labute approximate surface area is 148 Å². The summed E-state index contributed by atoms with van der Waals surface area (Å²) in [6.45, 7) is 2.92. The summed E-state index contributed by atoms with van der Waals surface area (Å²) in [4.78, 5) is 23.5. The Morgan fingerprint density at radius 2 is 2.28 bits per heavy atom. The van der Waals surface area contributed by atoms with Crippen LogP contribution in [0.25, 0.3) is 0 Å². The minimum atomic E-state index is 0.0543. The maximum absolute atomic E-state index is 12.9. The molecule has 1 fully saturated rings. The molecule has 3 heterocycles. The molecule has 1 amide bonds. The Kier molecular flexibility index (Phi) is 5.65. The van der Waals surface area contributed by atoms with Gasteiger partial charge in [-0.2, -0.15) is 0 Å². The van der Waals surface area contributed by atoms with Gasteiger partial charge in [0, 0.05) is 63.9 Å². The van der Waals surface area contributed by atoms with Crippen LogP contribution in [0.2, 0.25) is 0 Å². The van der Waals surface area contributed by atoms with Crippen molar-refractivity contribution in [3.05, 3.63) is 42.1 Å². The number of rotatable bonds is 6. The number of ether oxygens (including phenoxy) is 1. The van der Waals surface area contributed by atoms with Crippen LogP contribution in [-0.4, -0.2) is 59.2 Å². The van der Waals surface area contributed by atoms with E-state index in [0.29, 0.717) is 24.5 Å². The standard InChI is InChI=1S/C18H25N5O2/c1-19-16-12-14(5-6-20-16)18(24)23-8-3-4-15(13-23)17-21-7-9-22(17)10-11-25-2/h5-7,9,12,15H,3-4,8,10-11,13H2,1-2H3,(H,19,20). The number of anilines is 1. The number of nitrogens with zero attached hydrogens (tertiary/aromatic N) is 4. The molecule has 1 saturated heterocycles. The van der Waals surface area contributed by atoms with Crippen LogP contribution in [0.5, 0.6) is 0 Å². The van der Waals surface area contributed by atoms with Gasteiger partial charge in [-0.3, -0.25) is 4.79 Å². The number of likely N-dealkylation sites (tertiary alicyclic amines) is 1. The molecule has 0 aromatic carbocycles. The van der Waals surface area contributed by atoms with Gasteiger partial charge in [-0.1, -0.05) is 0 Å². The molecular formula is C18H25N5O2. The summed E-state index contributed by atoms with van der Waals surface area (Å²) in [5, 5.41) is 2.98. The number of aromatic nitrogens is 3. The number of piperidine rings is 1. The van der Waals surface area contributed by atoms with E-state index in [1.807, 2.05) is 17.3 Å². The van der Waals surface area contributed by atoms with Crippen LogP contribution in [-0.2, 0) is 11.3 Å². The molecule has 0 aliphatic carbocycles. The highest BCUT2D eigenvalue weighted by Crippen LogP contribution is 2.27. The molecule has 2 aromatic heterocycles. The fourth-order valence-corrected chi connectivity index (χ4v) is 3.31. The van der Waals surface area contributed by atoms with Gasteiger partial charge in [-0.05, 0) is 25.0 Å². The van der Waals surface area contributed by atoms with Crippen LogP contribution in [0.15, 0.2) is 30.7 Å². The van der Waals surface area contributed by atoms with Crippen molar-refractivity contribution in [2.75, 3.05) is 39.2 Å². The second-order valence-corrected chi connectivity index (χ2v) is 6.24. The van der Waals surface area contributed by atoms with Crippen LogP contribution in [0, 0.1) is 0 Å². The Bertz CT molecular complexity index is 715. The molecule has 0 radical (unpaired) electrons. The Hall–Kier alpha value is -2.41. The summed E-state index contributed by atoms with van der Waals surface area (Å²) in [7, 11) is 3.50. The second kappa shape index (κ2) is 8.11. The average molecular weight is 343 g/mol. The van der Waals surface area contributed by atoms with Crippen molar-refractivity contribution in [3.8, 4) is 0 Å². The summed E-state index contributed by atoms with van der Waals surface area (Å²) in [5.41, 5.74) is 0.669. The summed E-state index contributed by atoms with van der Waals surface area (Å²) in [5.74, 6) is 2.06. The number of carbonyl (C=O) groups excluding carboxylic acids is 1. The predicted molar refractivity (Wildman–Crippen MR) is 95.8 cm³/mol. The van der Waals surface area contributed by atoms with Crippen LogP contribution in [0.3, 0.4) is 0 Å². The molecule has 1 unspecified atom stereocenters. The first kappa shape index (κ1) is 17.4. The van der Waals surface area contributed by atoms with Gasteiger partial charge in [0.1, 0.15) is 11.6 Å². The molecule has 7 heteroatoms. The molecule has 1 aliphatic heterocycles. The fourth-order valence-electron chi connectivity index (χ4n) is 3.31. The molecule has 0 spiro atoms. The van der Waals surface area contributed by atoms with Crippen molar-refractivity contribution in [3.63, 3.8) is 0 Å². The molecule has 0 bridgehead atoms. The first-order valence-corrected chi connectivity index (χ1v) is 8.66. The Balaban J connectivity index is 1.72. The third-order valence-electron chi connectivity index (χ3n) is 4.62. The summed E-state index contributed by atoms with van der Waals surface area (Å²) in [6, 6.07) is 3.57. The Morgan fingerprint density at radius 1 is 1.40 bits per heavy atom. The molecule has 134 valence electrons. The molecule has 25 heavy (non-hydrogen) atoms. The van der Waals surface area contributed by atoms with Crippen molar-refractivity contribution >= 4 is 11.7 Å². The second-order valence-electron chi connectivity index (χ2n) is 6.24. The van der Waals surface area contributed by atoms with E-state index in [1.165, 1.54) is 0 Å². The molecular weight excluding hydrogens is 318 g/mol. The van der Waals surface area contributed by atoms with E-state index < -0.39 is 0 Å². The monoisotopic (exact) mass is 343 g/mol. The Morgan fingerprint density at radius 3 is 3.08 bits per heavy atom. The van der Waals surface area contributed by atoms with E-state index in [-0.39, 0.29) is 11.8 Å². The largest absolute Gasteiger partial charge is 0.383 e. The first-order chi connectivity index (χ1) is 12.2. The van der Waals surface area contributed by atoms with Crippen LogP contribution in [0.1, 0.15) is 34.9 Å². The molecule has 3 rings (SSSR count). The lowest BCUT2D eigenvalue weighted by Crippen LogP contribution is -2.39. The lowest BCUT2D eigenvalue weighted by Gasteiger charge is -2.32. The van der Waals surface area contributed by atoms with Crippen molar-refractivity contribution in [1.82, 2.24) is 19.4 Å². The molecule has 1 N–H and O–H groups in total. The van der Waals surface area contributed by atoms with Gasteiger partial charge < -0.3 is 19.5 Å². The van der Waals surface area contributed by atoms with Gasteiger partial charge in [-0.25, -0.2) is 9.97 Å². The topological polar surface area (TPSA) is 72.3 Å². The van der Waals surface area contributed by atoms with Gasteiger partial charge in [0.25, 0.3) is 5.91 Å². The zero-order valence-corrected chi connectivity index (χ0v) is 14.8. The SMILES string of the molecule is CNc1cc(C(=O)N2CCCC(c3nccn3CCOC)C2)ccn1. The van der Waals surface area contributed by atoms with Crippen LogP contribution < -0.4 is 5.32 Å². The normalized spacial score (nSPS) is 17.5. The number of amides is 1. The fraction of sp³-hybridized carbons (Fsp3) is 0.500. The smallest absolute Gasteiger partial charge is 0.254 e. The zero-order chi connectivity index (χ0) is 17.6. The van der Waals surface area contributed by atoms with Crippen LogP contribution in [0.4, 0.5) is 5.82 Å². The molecule has 0 saturated carbocycles. The highest BCUT2D eigenvalue weighted by atomic mass is 16.5. The lowest BCUT2D eigenvalue weighted by molar-refractivity contribution is 0.0702. The van der Waals surface area contributed by atoms with Gasteiger partial charge in [-0.15, -0.1) is 0 Å². The number of hydrogen-bond donors (Lipinski definition) is 1. The predicted octanol–water partition coefficient (Wildman–Crippen LogP) is 1.99. The maximum atomic E-state index is 12.9. The van der Waals surface area contributed by atoms with E-state index in [1.54, 1.807) is 32.5 Å². The van der Waals surface area contributed by atoms with Gasteiger partial charge in [0.2, 0.25) is 0 Å². The number of methoxy groups -OCH3 is 1. The maximum Gasteiger partial charge on any atom is 0.254 e. The van der Waals surface area contributed by atoms with E-state index in [9.17, 15) is 4.79 Å². The van der Waals surface area contributed by atoms with Gasteiger partial charge in [0.15, 0.2) is 0 Å². The van der Waals surface area contributed by atoms with Crippen molar-refractivity contribution in [2.24, 2.45) is 0 Å². The highest BCUT2D eigenvalue weighted by Gasteiger charge is 2.28. The number of hydrogen-bond acceptors (Lipinski definition) is 5. The molecule has 1 aliphatic rings. The first-order valence-electron chi connectivity index (χ1n) is 8.66. The summed E-state index contributed by atoms with van der Waals surface area (Å²) >= 11 is 0. The number of imidazole rings is 1. The van der Waals surface area contributed by atoms with E-state index in [0.717, 1.165) is 31.8 Å². The van der Waals surface area contributed by atoms with Crippen molar-refractivity contribution < 1.29 is 9.53 Å². The summed E-state index contributed by atoms with van der Waals surface area (Å²) in [6.07, 6.45) is 7.51. The number of carbonyl (C=O) groups is 1. The zero-order valence-electron chi connectivity index (χ0n) is 14.8. The summed E-state index contributed by atoms with van der Waals surface area (Å²) < 4.78 is 7.30. The third kappa shape index (κ3) is 3.99. The van der Waals surface area contributed by atoms with Crippen molar-refractivity contribution in [2.45, 2.75) is 25.3 Å².